The number of phenols is 1. The van der Waals surface area contributed by atoms with E-state index in [1.54, 1.807) is 18.2 Å². The number of hydrogen-bond acceptors (Lipinski definition) is 3. The molecular weight excluding hydrogens is 234 g/mol. The molecule has 0 aliphatic heterocycles. The van der Waals surface area contributed by atoms with Crippen LogP contribution in [-0.2, 0) is 0 Å². The number of hydrogen-bond donors (Lipinski definition) is 3. The summed E-state index contributed by atoms with van der Waals surface area (Å²) in [7, 11) is 0. The van der Waals surface area contributed by atoms with E-state index in [9.17, 15) is 5.11 Å². The van der Waals surface area contributed by atoms with Crippen molar-refractivity contribution in [2.75, 3.05) is 6.61 Å². The van der Waals surface area contributed by atoms with Crippen LogP contribution in [0.2, 0.25) is 0 Å². The van der Waals surface area contributed by atoms with Crippen LogP contribution in [0.1, 0.15) is 18.0 Å². The van der Waals surface area contributed by atoms with Crippen LogP contribution in [0.25, 0.3) is 0 Å². The smallest absolute Gasteiger partial charge is 0.134 e. The number of nitrogens with two attached hydrogens (primary N) is 1. The predicted octanol–water partition coefficient (Wildman–Crippen LogP) is 1.54. The van der Waals surface area contributed by atoms with Gasteiger partial charge in [-0.05, 0) is 28.4 Å². The van der Waals surface area contributed by atoms with E-state index in [0.29, 0.717) is 16.5 Å². The Morgan fingerprint density at radius 2 is 2.15 bits per heavy atom. The molecule has 0 aliphatic carbocycles. The monoisotopic (exact) mass is 245 g/mol. The third kappa shape index (κ3) is 2.43. The van der Waals surface area contributed by atoms with Gasteiger partial charge in [-0.1, -0.05) is 12.1 Å². The second-order valence-corrected chi connectivity index (χ2v) is 3.65. The van der Waals surface area contributed by atoms with Crippen molar-refractivity contribution in [3.8, 4) is 5.75 Å². The van der Waals surface area contributed by atoms with Gasteiger partial charge in [-0.15, -0.1) is 0 Å². The molecule has 1 aromatic carbocycles. The first kappa shape index (κ1) is 10.5. The number of phenolic OH excluding ortho intramolecular Hbond substituents is 1. The molecule has 0 aromatic heterocycles. The lowest BCUT2D eigenvalue weighted by Gasteiger charge is -2.12. The van der Waals surface area contributed by atoms with Crippen LogP contribution in [0, 0.1) is 0 Å². The van der Waals surface area contributed by atoms with Crippen LogP contribution in [0.15, 0.2) is 22.7 Å². The lowest BCUT2D eigenvalue weighted by Crippen LogP contribution is -2.12. The highest BCUT2D eigenvalue weighted by Gasteiger charge is 2.11. The fourth-order valence-corrected chi connectivity index (χ4v) is 1.51. The molecule has 1 atom stereocenters. The summed E-state index contributed by atoms with van der Waals surface area (Å²) in [5.41, 5.74) is 6.39. The average molecular weight is 246 g/mol. The van der Waals surface area contributed by atoms with E-state index in [2.05, 4.69) is 15.9 Å². The molecule has 0 amide bonds. The molecule has 1 rings (SSSR count). The minimum Gasteiger partial charge on any atom is -0.506 e. The van der Waals surface area contributed by atoms with Crippen LogP contribution >= 0.6 is 15.9 Å². The summed E-state index contributed by atoms with van der Waals surface area (Å²) in [5.74, 6) is 0.156. The van der Waals surface area contributed by atoms with E-state index in [-0.39, 0.29) is 18.4 Å². The Bertz CT molecular complexity index is 291. The molecule has 13 heavy (non-hydrogen) atoms. The number of aromatic hydroxyl groups is 1. The van der Waals surface area contributed by atoms with Gasteiger partial charge in [-0.25, -0.2) is 0 Å². The highest BCUT2D eigenvalue weighted by molar-refractivity contribution is 9.10. The predicted molar refractivity (Wildman–Crippen MR) is 54.4 cm³/mol. The fourth-order valence-electron chi connectivity index (χ4n) is 1.13. The SMILES string of the molecule is N[C@@H](CCO)c1cccc(Br)c1O. The average Bonchev–Trinajstić information content (AvgIpc) is 2.10. The van der Waals surface area contributed by atoms with Gasteiger partial charge in [0.2, 0.25) is 0 Å². The van der Waals surface area contributed by atoms with Crippen LogP contribution < -0.4 is 5.73 Å². The normalized spacial score (nSPS) is 12.8. The molecule has 0 aliphatic rings. The van der Waals surface area contributed by atoms with Gasteiger partial charge in [-0.3, -0.25) is 0 Å². The molecule has 0 fully saturated rings. The van der Waals surface area contributed by atoms with Gasteiger partial charge in [0.05, 0.1) is 4.47 Å². The van der Waals surface area contributed by atoms with Gasteiger partial charge >= 0.3 is 0 Å². The summed E-state index contributed by atoms with van der Waals surface area (Å²) < 4.78 is 0.624. The highest BCUT2D eigenvalue weighted by atomic mass is 79.9. The van der Waals surface area contributed by atoms with Crippen molar-refractivity contribution in [3.63, 3.8) is 0 Å². The van der Waals surface area contributed by atoms with Crippen molar-refractivity contribution >= 4 is 15.9 Å². The Balaban J connectivity index is 2.93. The highest BCUT2D eigenvalue weighted by Crippen LogP contribution is 2.31. The lowest BCUT2D eigenvalue weighted by atomic mass is 10.0. The zero-order chi connectivity index (χ0) is 9.84. The summed E-state index contributed by atoms with van der Waals surface area (Å²) >= 11 is 3.20. The number of halogens is 1. The minimum atomic E-state index is -0.317. The minimum absolute atomic E-state index is 0.0210. The number of para-hydroxylation sites is 1. The lowest BCUT2D eigenvalue weighted by molar-refractivity contribution is 0.275. The summed E-state index contributed by atoms with van der Waals surface area (Å²) in [4.78, 5) is 0. The second-order valence-electron chi connectivity index (χ2n) is 2.80. The van der Waals surface area contributed by atoms with Crippen molar-refractivity contribution in [3.05, 3.63) is 28.2 Å². The van der Waals surface area contributed by atoms with Gasteiger partial charge in [0.15, 0.2) is 0 Å². The first-order valence-electron chi connectivity index (χ1n) is 4.00. The molecule has 0 radical (unpaired) electrons. The maximum Gasteiger partial charge on any atom is 0.134 e. The molecule has 0 saturated heterocycles. The van der Waals surface area contributed by atoms with Crippen LogP contribution in [0.3, 0.4) is 0 Å². The Labute approximate surface area is 85.3 Å². The maximum absolute atomic E-state index is 9.59. The molecule has 0 saturated carbocycles. The van der Waals surface area contributed by atoms with Crippen molar-refractivity contribution < 1.29 is 10.2 Å². The molecule has 0 unspecified atom stereocenters. The van der Waals surface area contributed by atoms with Gasteiger partial charge in [0, 0.05) is 18.2 Å². The van der Waals surface area contributed by atoms with Gasteiger partial charge in [0.25, 0.3) is 0 Å². The summed E-state index contributed by atoms with van der Waals surface area (Å²) in [6.45, 7) is 0.0210. The fraction of sp³-hybridized carbons (Fsp3) is 0.333. The number of benzene rings is 1. The van der Waals surface area contributed by atoms with Crippen molar-refractivity contribution in [1.29, 1.82) is 0 Å². The van der Waals surface area contributed by atoms with Crippen LogP contribution in [0.5, 0.6) is 5.75 Å². The molecule has 4 heteroatoms. The number of rotatable bonds is 3. The standard InChI is InChI=1S/C9H12BrNO2/c10-7-3-1-2-6(9(7)13)8(11)4-5-12/h1-3,8,12-13H,4-5,11H2/t8-/m0/s1. The third-order valence-corrected chi connectivity index (χ3v) is 2.50. The molecule has 72 valence electrons. The third-order valence-electron chi connectivity index (χ3n) is 1.86. The van der Waals surface area contributed by atoms with E-state index in [1.165, 1.54) is 0 Å². The van der Waals surface area contributed by atoms with E-state index >= 15 is 0 Å². The first-order valence-corrected chi connectivity index (χ1v) is 4.80. The van der Waals surface area contributed by atoms with Crippen LogP contribution in [0.4, 0.5) is 0 Å². The molecule has 1 aromatic rings. The van der Waals surface area contributed by atoms with Crippen molar-refractivity contribution in [2.45, 2.75) is 12.5 Å². The molecule has 0 spiro atoms. The molecule has 3 nitrogen and oxygen atoms in total. The van der Waals surface area contributed by atoms with Crippen LogP contribution in [-0.4, -0.2) is 16.8 Å². The molecule has 0 bridgehead atoms. The Kier molecular flexibility index (Phi) is 3.71. The molecule has 4 N–H and O–H groups in total. The van der Waals surface area contributed by atoms with E-state index < -0.39 is 0 Å². The summed E-state index contributed by atoms with van der Waals surface area (Å²) in [6.07, 6.45) is 0.448. The molecule has 0 heterocycles. The van der Waals surface area contributed by atoms with Crippen molar-refractivity contribution in [2.24, 2.45) is 5.73 Å². The topological polar surface area (TPSA) is 66.5 Å². The summed E-state index contributed by atoms with van der Waals surface area (Å²) in [6, 6.07) is 4.98. The zero-order valence-corrected chi connectivity index (χ0v) is 8.66. The van der Waals surface area contributed by atoms with Gasteiger partial charge in [-0.2, -0.15) is 0 Å². The number of aliphatic hydroxyl groups is 1. The van der Waals surface area contributed by atoms with E-state index in [0.717, 1.165) is 0 Å². The molecular formula is C9H12BrNO2. The Morgan fingerprint density at radius 3 is 2.77 bits per heavy atom. The van der Waals surface area contributed by atoms with E-state index in [4.69, 9.17) is 10.8 Å². The Morgan fingerprint density at radius 1 is 1.46 bits per heavy atom. The number of aliphatic hydroxyl groups excluding tert-OH is 1. The van der Waals surface area contributed by atoms with Gasteiger partial charge < -0.3 is 15.9 Å². The first-order chi connectivity index (χ1) is 6.16. The maximum atomic E-state index is 9.59. The van der Waals surface area contributed by atoms with E-state index in [1.807, 2.05) is 0 Å². The van der Waals surface area contributed by atoms with Gasteiger partial charge in [0.1, 0.15) is 5.75 Å². The summed E-state index contributed by atoms with van der Waals surface area (Å²) in [5, 5.41) is 18.3. The quantitative estimate of drug-likeness (QED) is 0.757. The van der Waals surface area contributed by atoms with Crippen molar-refractivity contribution in [1.82, 2.24) is 0 Å². The Hall–Kier alpha value is -0.580. The largest absolute Gasteiger partial charge is 0.506 e. The second kappa shape index (κ2) is 4.60. The zero-order valence-electron chi connectivity index (χ0n) is 7.07.